The molecule has 5 heteroatoms. The summed E-state index contributed by atoms with van der Waals surface area (Å²) in [6.45, 7) is 8.40. The van der Waals surface area contributed by atoms with Crippen LogP contribution in [0.4, 0.5) is 0 Å². The molecule has 7 aromatic rings. The second kappa shape index (κ2) is 8.80. The van der Waals surface area contributed by atoms with Gasteiger partial charge < -0.3 is 13.9 Å². The first-order valence-electron chi connectivity index (χ1n) is 14.2. The molecule has 1 aliphatic rings. The van der Waals surface area contributed by atoms with Crippen molar-refractivity contribution >= 4 is 65.9 Å². The first-order valence-corrected chi connectivity index (χ1v) is 15.0. The molecule has 0 spiro atoms. The lowest BCUT2D eigenvalue weighted by molar-refractivity contribution is 0.00578. The van der Waals surface area contributed by atoms with Gasteiger partial charge >= 0.3 is 7.12 Å². The van der Waals surface area contributed by atoms with E-state index in [9.17, 15) is 0 Å². The van der Waals surface area contributed by atoms with Gasteiger partial charge in [0.05, 0.1) is 22.2 Å². The molecule has 1 fully saturated rings. The van der Waals surface area contributed by atoms with Gasteiger partial charge in [-0.1, -0.05) is 72.8 Å². The fourth-order valence-corrected chi connectivity index (χ4v) is 7.25. The van der Waals surface area contributed by atoms with Gasteiger partial charge in [-0.3, -0.25) is 0 Å². The van der Waals surface area contributed by atoms with Crippen molar-refractivity contribution in [3.05, 3.63) is 109 Å². The Morgan fingerprint density at radius 3 is 1.98 bits per heavy atom. The van der Waals surface area contributed by atoms with Crippen LogP contribution in [0.1, 0.15) is 27.7 Å². The van der Waals surface area contributed by atoms with Gasteiger partial charge in [0.25, 0.3) is 0 Å². The Morgan fingerprint density at radius 2 is 1.20 bits per heavy atom. The number of nitrogens with zero attached hydrogens (tertiary/aromatic N) is 1. The van der Waals surface area contributed by atoms with Gasteiger partial charge in [0.1, 0.15) is 0 Å². The fraction of sp³-hybridized carbons (Fsp3) is 0.167. The van der Waals surface area contributed by atoms with Crippen molar-refractivity contribution in [3.63, 3.8) is 0 Å². The minimum absolute atomic E-state index is 0.371. The molecule has 1 aliphatic heterocycles. The van der Waals surface area contributed by atoms with E-state index < -0.39 is 0 Å². The molecule has 0 N–H and O–H groups in total. The third-order valence-electron chi connectivity index (χ3n) is 9.06. The quantitative estimate of drug-likeness (QED) is 0.205. The van der Waals surface area contributed by atoms with Gasteiger partial charge in [-0.15, -0.1) is 11.3 Å². The number of hydrogen-bond donors (Lipinski definition) is 0. The molecule has 2 aromatic heterocycles. The van der Waals surface area contributed by atoms with Crippen LogP contribution in [0.5, 0.6) is 0 Å². The zero-order valence-corrected chi connectivity index (χ0v) is 24.5. The minimum atomic E-state index is -0.385. The number of fused-ring (bicyclic) bond motifs is 6. The van der Waals surface area contributed by atoms with E-state index in [4.69, 9.17) is 9.31 Å². The molecule has 1 saturated heterocycles. The maximum absolute atomic E-state index is 6.37. The van der Waals surface area contributed by atoms with Crippen LogP contribution in [0.15, 0.2) is 109 Å². The van der Waals surface area contributed by atoms with E-state index in [0.717, 1.165) is 11.2 Å². The van der Waals surface area contributed by atoms with Crippen molar-refractivity contribution in [2.24, 2.45) is 0 Å². The number of benzene rings is 5. The van der Waals surface area contributed by atoms with Crippen LogP contribution in [0, 0.1) is 0 Å². The lowest BCUT2D eigenvalue weighted by Gasteiger charge is -2.32. The van der Waals surface area contributed by atoms with Crippen molar-refractivity contribution in [3.8, 4) is 16.8 Å². The van der Waals surface area contributed by atoms with Gasteiger partial charge in [0.15, 0.2) is 0 Å². The van der Waals surface area contributed by atoms with Crippen LogP contribution >= 0.6 is 11.3 Å². The Balaban J connectivity index is 1.20. The summed E-state index contributed by atoms with van der Waals surface area (Å²) in [7, 11) is -0.385. The summed E-state index contributed by atoms with van der Waals surface area (Å²) in [5, 5.41) is 5.09. The van der Waals surface area contributed by atoms with E-state index in [-0.39, 0.29) is 18.3 Å². The van der Waals surface area contributed by atoms with Gasteiger partial charge in [-0.05, 0) is 80.7 Å². The van der Waals surface area contributed by atoms with Crippen LogP contribution < -0.4 is 5.46 Å². The zero-order valence-electron chi connectivity index (χ0n) is 23.6. The topological polar surface area (TPSA) is 23.4 Å². The number of hydrogen-bond acceptors (Lipinski definition) is 3. The zero-order chi connectivity index (χ0) is 27.9. The predicted molar refractivity (Wildman–Crippen MR) is 175 cm³/mol. The summed E-state index contributed by atoms with van der Waals surface area (Å²) in [5.41, 5.74) is 6.27. The molecule has 3 heterocycles. The van der Waals surface area contributed by atoms with E-state index in [2.05, 4.69) is 141 Å². The Labute approximate surface area is 244 Å². The third-order valence-corrected chi connectivity index (χ3v) is 10.2. The lowest BCUT2D eigenvalue weighted by Crippen LogP contribution is -2.41. The number of rotatable bonds is 3. The summed E-state index contributed by atoms with van der Waals surface area (Å²) in [5.74, 6) is 0. The lowest BCUT2D eigenvalue weighted by atomic mass is 9.78. The molecule has 8 rings (SSSR count). The standard InChI is InChI=1S/C36H30BNO2S/c1-35(2)36(3,4)40-37(39-35)25-16-20-32-30(22-25)27-9-5-7-11-31(27)38(32)26-17-13-23(14-18-26)24-15-19-29-28-10-6-8-12-33(28)41-34(29)21-24/h5-22H,1-4H3. The van der Waals surface area contributed by atoms with Crippen LogP contribution in [0.25, 0.3) is 58.8 Å². The van der Waals surface area contributed by atoms with Crippen LogP contribution in [-0.4, -0.2) is 22.9 Å². The smallest absolute Gasteiger partial charge is 0.399 e. The van der Waals surface area contributed by atoms with Crippen molar-refractivity contribution < 1.29 is 9.31 Å². The molecule has 200 valence electrons. The molecule has 0 atom stereocenters. The molecule has 0 amide bonds. The minimum Gasteiger partial charge on any atom is -0.399 e. The van der Waals surface area contributed by atoms with Gasteiger partial charge in [0, 0.05) is 36.6 Å². The fourth-order valence-electron chi connectivity index (χ4n) is 6.10. The van der Waals surface area contributed by atoms with Crippen molar-refractivity contribution in [2.45, 2.75) is 38.9 Å². The summed E-state index contributed by atoms with van der Waals surface area (Å²) < 4.78 is 17.8. The second-order valence-corrected chi connectivity index (χ2v) is 13.2. The first kappa shape index (κ1) is 24.9. The first-order chi connectivity index (χ1) is 19.8. The van der Waals surface area contributed by atoms with Crippen molar-refractivity contribution in [2.75, 3.05) is 0 Å². The normalized spacial score (nSPS) is 16.4. The molecule has 0 saturated carbocycles. The molecular weight excluding hydrogens is 521 g/mol. The highest BCUT2D eigenvalue weighted by Crippen LogP contribution is 2.39. The Hall–Kier alpha value is -3.90. The highest BCUT2D eigenvalue weighted by molar-refractivity contribution is 7.25. The number of para-hydroxylation sites is 1. The highest BCUT2D eigenvalue weighted by atomic mass is 32.1. The maximum Gasteiger partial charge on any atom is 0.494 e. The van der Waals surface area contributed by atoms with Gasteiger partial charge in [-0.25, -0.2) is 0 Å². The van der Waals surface area contributed by atoms with E-state index in [1.165, 1.54) is 53.1 Å². The third kappa shape index (κ3) is 3.80. The Bertz CT molecular complexity index is 2100. The van der Waals surface area contributed by atoms with Crippen molar-refractivity contribution in [1.82, 2.24) is 4.57 Å². The summed E-state index contributed by atoms with van der Waals surface area (Å²) in [6.07, 6.45) is 0. The highest BCUT2D eigenvalue weighted by Gasteiger charge is 2.51. The van der Waals surface area contributed by atoms with Crippen LogP contribution in [0.2, 0.25) is 0 Å². The Morgan fingerprint density at radius 1 is 0.561 bits per heavy atom. The molecule has 0 bridgehead atoms. The van der Waals surface area contributed by atoms with Gasteiger partial charge in [-0.2, -0.15) is 0 Å². The van der Waals surface area contributed by atoms with Crippen LogP contribution in [0.3, 0.4) is 0 Å². The SMILES string of the molecule is CC1(C)OB(c2ccc3c(c2)c2ccccc2n3-c2ccc(-c3ccc4c(c3)sc3ccccc34)cc2)OC1(C)C. The van der Waals surface area contributed by atoms with Crippen LogP contribution in [-0.2, 0) is 9.31 Å². The molecule has 3 nitrogen and oxygen atoms in total. The molecule has 5 aromatic carbocycles. The van der Waals surface area contributed by atoms with E-state index in [0.29, 0.717) is 0 Å². The average Bonchev–Trinajstić information content (AvgIpc) is 3.58. The van der Waals surface area contributed by atoms with E-state index >= 15 is 0 Å². The second-order valence-electron chi connectivity index (χ2n) is 12.1. The maximum atomic E-state index is 6.37. The average molecular weight is 552 g/mol. The Kier molecular flexibility index (Phi) is 5.34. The van der Waals surface area contributed by atoms with Gasteiger partial charge in [0.2, 0.25) is 0 Å². The largest absolute Gasteiger partial charge is 0.494 e. The predicted octanol–water partition coefficient (Wildman–Crippen LogP) is 9.12. The monoisotopic (exact) mass is 551 g/mol. The summed E-state index contributed by atoms with van der Waals surface area (Å²) in [4.78, 5) is 0. The van der Waals surface area contributed by atoms with E-state index in [1.807, 2.05) is 11.3 Å². The molecule has 0 unspecified atom stereocenters. The molecule has 41 heavy (non-hydrogen) atoms. The summed E-state index contributed by atoms with van der Waals surface area (Å²) in [6, 6.07) is 39.7. The molecular formula is C36H30BNO2S. The van der Waals surface area contributed by atoms with Crippen molar-refractivity contribution in [1.29, 1.82) is 0 Å². The van der Waals surface area contributed by atoms with E-state index in [1.54, 1.807) is 0 Å². The number of aromatic nitrogens is 1. The molecule has 0 aliphatic carbocycles. The molecule has 0 radical (unpaired) electrons. The summed E-state index contributed by atoms with van der Waals surface area (Å²) >= 11 is 1.86. The number of thiophene rings is 1.